The zero-order valence-corrected chi connectivity index (χ0v) is 10.9. The number of hydrogen-bond donors (Lipinski definition) is 1. The maximum Gasteiger partial charge on any atom is 0.318 e. The third-order valence-corrected chi connectivity index (χ3v) is 2.39. The Bertz CT molecular complexity index is 539. The summed E-state index contributed by atoms with van der Waals surface area (Å²) in [5.74, 6) is 2.10. The van der Waals surface area contributed by atoms with Gasteiger partial charge in [0.2, 0.25) is 5.89 Å². The molecule has 1 N–H and O–H groups in total. The van der Waals surface area contributed by atoms with Crippen LogP contribution in [0, 0.1) is 13.8 Å². The molecule has 0 fully saturated rings. The van der Waals surface area contributed by atoms with Crippen LogP contribution in [-0.4, -0.2) is 22.1 Å². The van der Waals surface area contributed by atoms with Crippen LogP contribution in [-0.2, 0) is 0 Å². The molecule has 18 heavy (non-hydrogen) atoms. The summed E-state index contributed by atoms with van der Waals surface area (Å²) in [5, 5.41) is 3.20. The van der Waals surface area contributed by atoms with Gasteiger partial charge in [-0.15, -0.1) is 0 Å². The van der Waals surface area contributed by atoms with Crippen LogP contribution < -0.4 is 10.1 Å². The van der Waals surface area contributed by atoms with Crippen molar-refractivity contribution in [1.82, 2.24) is 15.0 Å². The molecule has 0 aromatic carbocycles. The van der Waals surface area contributed by atoms with E-state index < -0.39 is 0 Å². The molecule has 0 saturated carbocycles. The number of ether oxygens (including phenoxy) is 1. The lowest BCUT2D eigenvalue weighted by atomic mass is 10.3. The molecule has 0 aliphatic heterocycles. The van der Waals surface area contributed by atoms with Gasteiger partial charge in [0, 0.05) is 11.8 Å². The lowest BCUT2D eigenvalue weighted by Gasteiger charge is -2.12. The maximum atomic E-state index is 5.46. The Morgan fingerprint density at radius 1 is 1.33 bits per heavy atom. The highest BCUT2D eigenvalue weighted by Gasteiger charge is 2.12. The van der Waals surface area contributed by atoms with E-state index in [4.69, 9.17) is 9.15 Å². The molecule has 2 heterocycles. The Kier molecular flexibility index (Phi) is 3.45. The fraction of sp³-hybridized carbons (Fsp3) is 0.417. The summed E-state index contributed by atoms with van der Waals surface area (Å²) in [7, 11) is 1.54. The normalized spacial score (nSPS) is 12.2. The topological polar surface area (TPSA) is 73.1 Å². The molecule has 0 aliphatic carbocycles. The molecule has 0 saturated heterocycles. The van der Waals surface area contributed by atoms with Crippen LogP contribution >= 0.6 is 0 Å². The van der Waals surface area contributed by atoms with Gasteiger partial charge in [-0.25, -0.2) is 9.97 Å². The van der Waals surface area contributed by atoms with Gasteiger partial charge in [0.15, 0.2) is 0 Å². The number of rotatable bonds is 4. The van der Waals surface area contributed by atoms with Gasteiger partial charge in [-0.2, -0.15) is 4.98 Å². The molecule has 0 spiro atoms. The molecule has 1 atom stereocenters. The fourth-order valence-corrected chi connectivity index (χ4v) is 1.56. The van der Waals surface area contributed by atoms with Gasteiger partial charge < -0.3 is 14.5 Å². The van der Waals surface area contributed by atoms with E-state index in [9.17, 15) is 0 Å². The smallest absolute Gasteiger partial charge is 0.318 e. The highest BCUT2D eigenvalue weighted by molar-refractivity contribution is 5.38. The maximum absolute atomic E-state index is 5.46. The summed E-state index contributed by atoms with van der Waals surface area (Å²) >= 11 is 0. The number of anilines is 1. The zero-order chi connectivity index (χ0) is 13.1. The van der Waals surface area contributed by atoms with E-state index in [0.717, 1.165) is 11.5 Å². The van der Waals surface area contributed by atoms with Crippen molar-refractivity contribution >= 4 is 5.82 Å². The molecule has 1 unspecified atom stereocenters. The molecule has 0 bridgehead atoms. The predicted octanol–water partition coefficient (Wildman–Crippen LogP) is 2.26. The van der Waals surface area contributed by atoms with E-state index in [-0.39, 0.29) is 6.04 Å². The van der Waals surface area contributed by atoms with Crippen molar-refractivity contribution in [3.8, 4) is 6.01 Å². The third-order valence-electron chi connectivity index (χ3n) is 2.39. The van der Waals surface area contributed by atoms with Gasteiger partial charge in [-0.05, 0) is 20.8 Å². The Balaban J connectivity index is 2.16. The van der Waals surface area contributed by atoms with Crippen molar-refractivity contribution in [2.45, 2.75) is 26.8 Å². The number of aryl methyl sites for hydroxylation is 2. The zero-order valence-electron chi connectivity index (χ0n) is 10.9. The molecule has 2 aromatic rings. The third kappa shape index (κ3) is 2.77. The average Bonchev–Trinajstić information content (AvgIpc) is 2.75. The van der Waals surface area contributed by atoms with Gasteiger partial charge in [-0.1, -0.05) is 0 Å². The number of oxazole rings is 1. The Morgan fingerprint density at radius 2 is 2.11 bits per heavy atom. The van der Waals surface area contributed by atoms with Crippen molar-refractivity contribution in [2.24, 2.45) is 0 Å². The van der Waals surface area contributed by atoms with Gasteiger partial charge in [0.25, 0.3) is 0 Å². The van der Waals surface area contributed by atoms with Crippen molar-refractivity contribution < 1.29 is 9.15 Å². The molecule has 0 amide bonds. The molecule has 0 radical (unpaired) electrons. The van der Waals surface area contributed by atoms with Gasteiger partial charge >= 0.3 is 6.01 Å². The van der Waals surface area contributed by atoms with E-state index in [0.29, 0.717) is 17.7 Å². The number of nitrogens with one attached hydrogen (secondary N) is 1. The van der Waals surface area contributed by atoms with E-state index in [1.54, 1.807) is 13.3 Å². The summed E-state index contributed by atoms with van der Waals surface area (Å²) in [4.78, 5) is 12.5. The summed E-state index contributed by atoms with van der Waals surface area (Å²) in [5.41, 5.74) is 0.833. The van der Waals surface area contributed by atoms with Crippen LogP contribution in [0.5, 0.6) is 6.01 Å². The first-order valence-corrected chi connectivity index (χ1v) is 5.67. The van der Waals surface area contributed by atoms with Crippen LogP contribution in [0.3, 0.4) is 0 Å². The minimum absolute atomic E-state index is 0.0716. The average molecular weight is 248 g/mol. The summed E-state index contributed by atoms with van der Waals surface area (Å²) in [6, 6.07) is 2.11. The standard InChI is InChI=1S/C12H16N4O2/c1-7-5-10(16-12(14-7)17-4)15-9(3)11-13-6-8(2)18-11/h5-6,9H,1-4H3,(H,14,15,16). The summed E-state index contributed by atoms with van der Waals surface area (Å²) in [6.07, 6.45) is 1.69. The van der Waals surface area contributed by atoms with Gasteiger partial charge in [-0.3, -0.25) is 0 Å². The number of aromatic nitrogens is 3. The van der Waals surface area contributed by atoms with Crippen molar-refractivity contribution in [3.05, 3.63) is 29.6 Å². The highest BCUT2D eigenvalue weighted by atomic mass is 16.5. The Morgan fingerprint density at radius 3 is 2.72 bits per heavy atom. The van der Waals surface area contributed by atoms with Crippen LogP contribution in [0.2, 0.25) is 0 Å². The molecular formula is C12H16N4O2. The number of nitrogens with zero attached hydrogens (tertiary/aromatic N) is 3. The van der Waals surface area contributed by atoms with Crippen LogP contribution in [0.4, 0.5) is 5.82 Å². The molecule has 6 heteroatoms. The second kappa shape index (κ2) is 5.03. The SMILES string of the molecule is COc1nc(C)cc(NC(C)c2ncc(C)o2)n1. The minimum Gasteiger partial charge on any atom is -0.467 e. The molecular weight excluding hydrogens is 232 g/mol. The number of methoxy groups -OCH3 is 1. The van der Waals surface area contributed by atoms with Crippen LogP contribution in [0.25, 0.3) is 0 Å². The largest absolute Gasteiger partial charge is 0.467 e. The van der Waals surface area contributed by atoms with E-state index in [2.05, 4.69) is 20.3 Å². The second-order valence-electron chi connectivity index (χ2n) is 4.06. The lowest BCUT2D eigenvalue weighted by Crippen LogP contribution is -2.09. The summed E-state index contributed by atoms with van der Waals surface area (Å²) in [6.45, 7) is 5.70. The molecule has 6 nitrogen and oxygen atoms in total. The Labute approximate surface area is 105 Å². The van der Waals surface area contributed by atoms with E-state index in [1.165, 1.54) is 0 Å². The monoisotopic (exact) mass is 248 g/mol. The van der Waals surface area contributed by atoms with Crippen LogP contribution in [0.15, 0.2) is 16.7 Å². The molecule has 2 aromatic heterocycles. The summed E-state index contributed by atoms with van der Waals surface area (Å²) < 4.78 is 10.5. The van der Waals surface area contributed by atoms with Gasteiger partial charge in [0.1, 0.15) is 17.6 Å². The first-order chi connectivity index (χ1) is 8.58. The first kappa shape index (κ1) is 12.3. The first-order valence-electron chi connectivity index (χ1n) is 5.67. The lowest BCUT2D eigenvalue weighted by molar-refractivity contribution is 0.379. The van der Waals surface area contributed by atoms with E-state index in [1.807, 2.05) is 26.8 Å². The fourth-order valence-electron chi connectivity index (χ4n) is 1.56. The quantitative estimate of drug-likeness (QED) is 0.894. The highest BCUT2D eigenvalue weighted by Crippen LogP contribution is 2.19. The minimum atomic E-state index is -0.0716. The van der Waals surface area contributed by atoms with Crippen molar-refractivity contribution in [3.63, 3.8) is 0 Å². The van der Waals surface area contributed by atoms with Gasteiger partial charge in [0.05, 0.1) is 13.3 Å². The van der Waals surface area contributed by atoms with Crippen molar-refractivity contribution in [2.75, 3.05) is 12.4 Å². The van der Waals surface area contributed by atoms with Crippen molar-refractivity contribution in [1.29, 1.82) is 0 Å². The second-order valence-corrected chi connectivity index (χ2v) is 4.06. The van der Waals surface area contributed by atoms with E-state index >= 15 is 0 Å². The predicted molar refractivity (Wildman–Crippen MR) is 66.6 cm³/mol. The molecule has 2 rings (SSSR count). The Hall–Kier alpha value is -2.11. The number of hydrogen-bond acceptors (Lipinski definition) is 6. The molecule has 0 aliphatic rings. The molecule has 96 valence electrons. The van der Waals surface area contributed by atoms with Crippen LogP contribution in [0.1, 0.15) is 30.3 Å².